The molecular formula is C34H22BrN12O2P3. The monoisotopic (exact) mass is 802 g/mol. The first-order chi connectivity index (χ1) is 25.1. The minimum atomic E-state index is -0.110. The fraction of sp³-hybridized carbons (Fsp3) is 0.0294. The molecule has 0 aliphatic heterocycles. The van der Waals surface area contributed by atoms with Gasteiger partial charge < -0.3 is 23.2 Å². The Bertz CT molecular complexity index is 2930. The molecule has 252 valence electrons. The van der Waals surface area contributed by atoms with Gasteiger partial charge in [-0.15, -0.1) is 0 Å². The summed E-state index contributed by atoms with van der Waals surface area (Å²) in [6.07, 6.45) is 9.94. The molecule has 3 atom stereocenters. The quantitative estimate of drug-likeness (QED) is 0.153. The van der Waals surface area contributed by atoms with Crippen LogP contribution in [0.15, 0.2) is 72.0 Å². The molecule has 0 aliphatic rings. The maximum absolute atomic E-state index is 10.1. The molecule has 9 aromatic heterocycles. The Hall–Kier alpha value is -5.86. The molecule has 3 unspecified atom stereocenters. The van der Waals surface area contributed by atoms with E-state index < -0.39 is 0 Å². The highest BCUT2D eigenvalue weighted by Crippen LogP contribution is 2.38. The van der Waals surface area contributed by atoms with E-state index in [0.717, 1.165) is 53.9 Å². The smallest absolute Gasteiger partial charge is 0.183 e. The number of aromatic hydroxyl groups is 2. The van der Waals surface area contributed by atoms with Gasteiger partial charge in [-0.25, -0.2) is 29.9 Å². The number of aryl methyl sites for hydroxylation is 1. The summed E-state index contributed by atoms with van der Waals surface area (Å²) in [7, 11) is 7.67. The molecule has 0 saturated carbocycles. The number of hydrogen-bond acceptors (Lipinski definition) is 11. The van der Waals surface area contributed by atoms with E-state index >= 15 is 0 Å². The van der Waals surface area contributed by atoms with Gasteiger partial charge in [0, 0.05) is 44.6 Å². The van der Waals surface area contributed by atoms with Crippen molar-refractivity contribution >= 4 is 110 Å². The van der Waals surface area contributed by atoms with Gasteiger partial charge in [0.1, 0.15) is 40.8 Å². The second-order valence-electron chi connectivity index (χ2n) is 11.1. The van der Waals surface area contributed by atoms with Crippen LogP contribution in [0.1, 0.15) is 22.6 Å². The van der Waals surface area contributed by atoms with Crippen molar-refractivity contribution < 1.29 is 10.2 Å². The van der Waals surface area contributed by atoms with Gasteiger partial charge in [0.25, 0.3) is 0 Å². The third-order valence-electron chi connectivity index (χ3n) is 8.36. The average Bonchev–Trinajstić information content (AvgIpc) is 3.74. The fourth-order valence-electron chi connectivity index (χ4n) is 5.99. The van der Waals surface area contributed by atoms with E-state index in [0.29, 0.717) is 27.6 Å². The van der Waals surface area contributed by atoms with Gasteiger partial charge in [-0.3, -0.25) is 0 Å². The number of nitriles is 3. The molecule has 9 aromatic rings. The fourth-order valence-corrected chi connectivity index (χ4v) is 7.53. The zero-order chi connectivity index (χ0) is 36.8. The number of aromatic nitrogens is 9. The number of fused-ring (bicyclic) bond motifs is 9. The van der Waals surface area contributed by atoms with Crippen LogP contribution >= 0.6 is 44.1 Å². The van der Waals surface area contributed by atoms with Crippen molar-refractivity contribution in [2.24, 2.45) is 0 Å². The zero-order valence-corrected chi connectivity index (χ0v) is 31.8. The van der Waals surface area contributed by atoms with Crippen LogP contribution in [0.4, 0.5) is 0 Å². The van der Waals surface area contributed by atoms with Crippen LogP contribution < -0.4 is 0 Å². The van der Waals surface area contributed by atoms with Crippen molar-refractivity contribution in [2.45, 2.75) is 6.92 Å². The molecule has 0 fully saturated rings. The third kappa shape index (κ3) is 5.51. The number of rotatable bonds is 0. The van der Waals surface area contributed by atoms with Crippen molar-refractivity contribution in [1.29, 1.82) is 15.8 Å². The second kappa shape index (κ2) is 13.7. The predicted molar refractivity (Wildman–Crippen MR) is 210 cm³/mol. The molecule has 0 aliphatic carbocycles. The zero-order valence-electron chi connectivity index (χ0n) is 26.7. The Labute approximate surface area is 308 Å². The maximum Gasteiger partial charge on any atom is 0.183 e. The molecule has 14 nitrogen and oxygen atoms in total. The lowest BCUT2D eigenvalue weighted by Crippen LogP contribution is -1.89. The minimum absolute atomic E-state index is 0.0139. The maximum atomic E-state index is 10.1. The lowest BCUT2D eigenvalue weighted by Gasteiger charge is -1.99. The van der Waals surface area contributed by atoms with Crippen LogP contribution in [0.2, 0.25) is 0 Å². The lowest BCUT2D eigenvalue weighted by atomic mass is 10.1. The van der Waals surface area contributed by atoms with Crippen molar-refractivity contribution in [1.82, 2.24) is 42.9 Å². The third-order valence-corrected chi connectivity index (χ3v) is 10.4. The Balaban J connectivity index is 0.000000121. The molecule has 52 heavy (non-hydrogen) atoms. The lowest BCUT2D eigenvalue weighted by molar-refractivity contribution is 0.477. The van der Waals surface area contributed by atoms with Gasteiger partial charge in [-0.05, 0) is 86.9 Å². The van der Waals surface area contributed by atoms with E-state index in [9.17, 15) is 10.2 Å². The van der Waals surface area contributed by atoms with E-state index in [2.05, 4.69) is 80.1 Å². The van der Waals surface area contributed by atoms with Gasteiger partial charge in [0.15, 0.2) is 22.9 Å². The van der Waals surface area contributed by atoms with Crippen molar-refractivity contribution in [2.75, 3.05) is 0 Å². The normalized spacial score (nSPS) is 10.9. The number of halogens is 1. The molecule has 0 amide bonds. The molecule has 18 heteroatoms. The van der Waals surface area contributed by atoms with Gasteiger partial charge in [-0.1, -0.05) is 0 Å². The topological polar surface area (TPSA) is 204 Å². The highest BCUT2D eigenvalue weighted by molar-refractivity contribution is 9.10. The van der Waals surface area contributed by atoms with Crippen LogP contribution in [0, 0.1) is 40.9 Å². The SMILES string of the molecule is Cc1c(C#N)ncc2c1c1cccnc1n2P.N#Cc1ncc2c(c1O)c1cc(Br)cnc1n2P.N#Cc1ncc2c(c1O)c1cccnc1n2P. The molecule has 0 radical (unpaired) electrons. The Morgan fingerprint density at radius 2 is 1.02 bits per heavy atom. The Morgan fingerprint density at radius 1 is 0.596 bits per heavy atom. The average molecular weight is 803 g/mol. The van der Waals surface area contributed by atoms with E-state index in [-0.39, 0.29) is 22.9 Å². The van der Waals surface area contributed by atoms with E-state index in [4.69, 9.17) is 15.8 Å². The van der Waals surface area contributed by atoms with Crippen molar-refractivity contribution in [3.05, 3.63) is 94.6 Å². The second-order valence-corrected chi connectivity index (χ2v) is 13.6. The summed E-state index contributed by atoms with van der Waals surface area (Å²) in [4.78, 5) is 24.9. The highest BCUT2D eigenvalue weighted by atomic mass is 79.9. The van der Waals surface area contributed by atoms with E-state index in [1.54, 1.807) is 51.9 Å². The molecule has 0 aromatic carbocycles. The molecular weight excluding hydrogens is 781 g/mol. The molecule has 9 rings (SSSR count). The first kappa shape index (κ1) is 34.6. The molecule has 0 spiro atoms. The summed E-state index contributed by atoms with van der Waals surface area (Å²) in [5, 5.41) is 51.8. The number of nitrogens with zero attached hydrogens (tertiary/aromatic N) is 12. The molecule has 0 bridgehead atoms. The summed E-state index contributed by atoms with van der Waals surface area (Å²) >= 11 is 3.35. The summed E-state index contributed by atoms with van der Waals surface area (Å²) in [5.41, 5.74) is 6.12. The Morgan fingerprint density at radius 3 is 1.52 bits per heavy atom. The van der Waals surface area contributed by atoms with Gasteiger partial charge in [-0.2, -0.15) is 15.8 Å². The largest absolute Gasteiger partial charge is 0.504 e. The van der Waals surface area contributed by atoms with Crippen LogP contribution in [0.25, 0.3) is 65.8 Å². The van der Waals surface area contributed by atoms with Crippen molar-refractivity contribution in [3.63, 3.8) is 0 Å². The summed E-state index contributed by atoms with van der Waals surface area (Å²) < 4.78 is 6.25. The first-order valence-electron chi connectivity index (χ1n) is 15.0. The molecule has 0 saturated heterocycles. The summed E-state index contributed by atoms with van der Waals surface area (Å²) in [6, 6.07) is 15.3. The van der Waals surface area contributed by atoms with Gasteiger partial charge in [0.2, 0.25) is 0 Å². The molecule has 2 N–H and O–H groups in total. The number of pyridine rings is 6. The van der Waals surface area contributed by atoms with Crippen LogP contribution in [0.5, 0.6) is 11.5 Å². The van der Waals surface area contributed by atoms with Gasteiger partial charge in [0.05, 0.1) is 45.9 Å². The highest BCUT2D eigenvalue weighted by Gasteiger charge is 2.18. The van der Waals surface area contributed by atoms with Crippen molar-refractivity contribution in [3.8, 4) is 29.7 Å². The summed E-state index contributed by atoms with van der Waals surface area (Å²) in [5.74, 6) is -0.203. The first-order valence-corrected chi connectivity index (χ1v) is 17.3. The standard InChI is InChI=1S/C12H9N4P.C11H6BrN4OP.C11H7N4OP/c1-7-9(5-13)15-6-10-11(7)8-3-2-4-14-12(8)16(10)17;12-5-1-6-9-8(16(18)11(6)15-3-5)4-14-7(2-13)10(9)17;12-4-7-10(16)9-6-2-1-3-13-11(6)15(17)8(9)5-14-7/h2-4,6H,17H2,1H3;1,3-4,17H,18H2;1-3,5,16H,17H2. The van der Waals surface area contributed by atoms with Crippen LogP contribution in [0.3, 0.4) is 0 Å². The van der Waals surface area contributed by atoms with Crippen LogP contribution in [-0.2, 0) is 0 Å². The minimum Gasteiger partial charge on any atom is -0.504 e. The Kier molecular flexibility index (Phi) is 9.11. The predicted octanol–water partition coefficient (Wildman–Crippen LogP) is 6.77. The molecule has 9 heterocycles. The van der Waals surface area contributed by atoms with Crippen LogP contribution in [-0.4, -0.2) is 53.1 Å². The summed E-state index contributed by atoms with van der Waals surface area (Å²) in [6.45, 7) is 1.92. The number of hydrogen-bond donors (Lipinski definition) is 2. The van der Waals surface area contributed by atoms with E-state index in [1.807, 2.05) is 47.7 Å². The van der Waals surface area contributed by atoms with Gasteiger partial charge >= 0.3 is 0 Å². The van der Waals surface area contributed by atoms with E-state index in [1.165, 1.54) is 0 Å².